The van der Waals surface area contributed by atoms with E-state index in [-0.39, 0.29) is 11.9 Å². The summed E-state index contributed by atoms with van der Waals surface area (Å²) >= 11 is 0. The van der Waals surface area contributed by atoms with Gasteiger partial charge in [-0.3, -0.25) is 4.79 Å². The van der Waals surface area contributed by atoms with Crippen LogP contribution in [-0.2, 0) is 4.79 Å². The minimum atomic E-state index is -0.100. The van der Waals surface area contributed by atoms with E-state index in [1.54, 1.807) is 7.11 Å². The molecule has 0 spiro atoms. The first-order valence-electron chi connectivity index (χ1n) is 8.89. The molecular formula is C18H28N4O2. The number of carbonyl (C=O) groups excluding carboxylic acids is 1. The largest absolute Gasteiger partial charge is 0.495 e. The van der Waals surface area contributed by atoms with E-state index in [0.29, 0.717) is 11.4 Å². The second-order valence-corrected chi connectivity index (χ2v) is 6.62. The standard InChI is InChI=1S/C18H28N4O2/c1-24-17-13-14(6-7-15(17)19)22-11-4-5-16(22)18(23)20-8-12-21-9-2-3-10-21/h6-7,13,16H,2-5,8-12,19H2,1H3,(H,20,23)/t16-/m1/s1. The van der Waals surface area contributed by atoms with Crippen LogP contribution in [0.3, 0.4) is 0 Å². The van der Waals surface area contributed by atoms with Crippen LogP contribution >= 0.6 is 0 Å². The molecule has 132 valence electrons. The van der Waals surface area contributed by atoms with Crippen molar-refractivity contribution in [2.45, 2.75) is 31.7 Å². The summed E-state index contributed by atoms with van der Waals surface area (Å²) in [4.78, 5) is 17.2. The SMILES string of the molecule is COc1cc(N2CCC[C@@H]2C(=O)NCCN2CCCC2)ccc1N. The number of hydrogen-bond acceptors (Lipinski definition) is 5. The fourth-order valence-electron chi connectivity index (χ4n) is 3.69. The molecule has 0 aliphatic carbocycles. The average molecular weight is 332 g/mol. The molecule has 2 saturated heterocycles. The molecule has 0 aromatic heterocycles. The number of rotatable bonds is 6. The summed E-state index contributed by atoms with van der Waals surface area (Å²) in [6, 6.07) is 5.63. The lowest BCUT2D eigenvalue weighted by Gasteiger charge is -2.27. The number of carbonyl (C=O) groups is 1. The van der Waals surface area contributed by atoms with Crippen molar-refractivity contribution in [1.82, 2.24) is 10.2 Å². The Morgan fingerprint density at radius 1 is 1.29 bits per heavy atom. The van der Waals surface area contributed by atoms with E-state index in [1.807, 2.05) is 18.2 Å². The fourth-order valence-corrected chi connectivity index (χ4v) is 3.69. The maximum atomic E-state index is 12.6. The second kappa shape index (κ2) is 7.75. The van der Waals surface area contributed by atoms with Crippen LogP contribution in [0.1, 0.15) is 25.7 Å². The van der Waals surface area contributed by atoms with Crippen molar-refractivity contribution >= 4 is 17.3 Å². The van der Waals surface area contributed by atoms with Crippen LogP contribution in [-0.4, -0.2) is 56.7 Å². The van der Waals surface area contributed by atoms with Crippen molar-refractivity contribution in [3.05, 3.63) is 18.2 Å². The molecule has 6 nitrogen and oxygen atoms in total. The number of nitrogen functional groups attached to an aromatic ring is 1. The van der Waals surface area contributed by atoms with Crippen molar-refractivity contribution in [3.8, 4) is 5.75 Å². The van der Waals surface area contributed by atoms with Crippen LogP contribution in [0.25, 0.3) is 0 Å². The monoisotopic (exact) mass is 332 g/mol. The number of amides is 1. The van der Waals surface area contributed by atoms with Gasteiger partial charge in [0.15, 0.2) is 0 Å². The Morgan fingerprint density at radius 2 is 2.08 bits per heavy atom. The predicted molar refractivity (Wildman–Crippen MR) is 96.5 cm³/mol. The molecule has 2 aliphatic rings. The number of methoxy groups -OCH3 is 1. The van der Waals surface area contributed by atoms with Crippen LogP contribution in [0.15, 0.2) is 18.2 Å². The number of nitrogens with one attached hydrogen (secondary N) is 1. The highest BCUT2D eigenvalue weighted by atomic mass is 16.5. The summed E-state index contributed by atoms with van der Waals surface area (Å²) in [6.07, 6.45) is 4.48. The average Bonchev–Trinajstić information content (AvgIpc) is 3.26. The molecule has 24 heavy (non-hydrogen) atoms. The molecule has 2 aliphatic heterocycles. The molecule has 0 saturated carbocycles. The Kier molecular flexibility index (Phi) is 5.45. The molecule has 1 aromatic carbocycles. The summed E-state index contributed by atoms with van der Waals surface area (Å²) in [7, 11) is 1.61. The van der Waals surface area contributed by atoms with E-state index in [1.165, 1.54) is 12.8 Å². The highest BCUT2D eigenvalue weighted by molar-refractivity contribution is 5.86. The van der Waals surface area contributed by atoms with Gasteiger partial charge in [0, 0.05) is 31.4 Å². The first kappa shape index (κ1) is 16.9. The smallest absolute Gasteiger partial charge is 0.242 e. The van der Waals surface area contributed by atoms with Gasteiger partial charge in [-0.25, -0.2) is 0 Å². The van der Waals surface area contributed by atoms with E-state index in [4.69, 9.17) is 10.5 Å². The molecule has 0 radical (unpaired) electrons. The van der Waals surface area contributed by atoms with Gasteiger partial charge in [0.05, 0.1) is 12.8 Å². The van der Waals surface area contributed by atoms with Gasteiger partial charge in [-0.2, -0.15) is 0 Å². The van der Waals surface area contributed by atoms with Crippen molar-refractivity contribution in [2.24, 2.45) is 0 Å². The molecule has 3 N–H and O–H groups in total. The van der Waals surface area contributed by atoms with E-state index < -0.39 is 0 Å². The third-order valence-electron chi connectivity index (χ3n) is 5.03. The number of ether oxygens (including phenoxy) is 1. The van der Waals surface area contributed by atoms with Gasteiger partial charge in [-0.1, -0.05) is 0 Å². The van der Waals surface area contributed by atoms with Crippen molar-refractivity contribution < 1.29 is 9.53 Å². The quantitative estimate of drug-likeness (QED) is 0.772. The normalized spacial score (nSPS) is 21.2. The van der Waals surface area contributed by atoms with E-state index in [2.05, 4.69) is 15.1 Å². The lowest BCUT2D eigenvalue weighted by Crippen LogP contribution is -2.45. The summed E-state index contributed by atoms with van der Waals surface area (Å²) in [6.45, 7) is 4.90. The summed E-state index contributed by atoms with van der Waals surface area (Å²) in [5.74, 6) is 0.787. The molecule has 0 bridgehead atoms. The van der Waals surface area contributed by atoms with Crippen molar-refractivity contribution in [2.75, 3.05) is 50.5 Å². The Hall–Kier alpha value is -1.95. The van der Waals surface area contributed by atoms with Gasteiger partial charge < -0.3 is 25.6 Å². The molecule has 1 atom stereocenters. The van der Waals surface area contributed by atoms with Crippen LogP contribution in [0.2, 0.25) is 0 Å². The first-order chi connectivity index (χ1) is 11.7. The molecule has 0 unspecified atom stereocenters. The maximum Gasteiger partial charge on any atom is 0.242 e. The molecule has 2 heterocycles. The van der Waals surface area contributed by atoms with Gasteiger partial charge in [0.1, 0.15) is 11.8 Å². The summed E-state index contributed by atoms with van der Waals surface area (Å²) in [5.41, 5.74) is 7.51. The van der Waals surface area contributed by atoms with Crippen molar-refractivity contribution in [3.63, 3.8) is 0 Å². The Bertz CT molecular complexity index is 572. The predicted octanol–water partition coefficient (Wildman–Crippen LogP) is 1.46. The van der Waals surface area contributed by atoms with E-state index >= 15 is 0 Å². The minimum Gasteiger partial charge on any atom is -0.495 e. The first-order valence-corrected chi connectivity index (χ1v) is 8.89. The third-order valence-corrected chi connectivity index (χ3v) is 5.03. The fraction of sp³-hybridized carbons (Fsp3) is 0.611. The van der Waals surface area contributed by atoms with Crippen molar-refractivity contribution in [1.29, 1.82) is 0 Å². The number of likely N-dealkylation sites (tertiary alicyclic amines) is 1. The topological polar surface area (TPSA) is 70.8 Å². The van der Waals surface area contributed by atoms with Crippen LogP contribution in [0.4, 0.5) is 11.4 Å². The van der Waals surface area contributed by atoms with E-state index in [0.717, 1.165) is 51.3 Å². The number of anilines is 2. The highest BCUT2D eigenvalue weighted by Crippen LogP contribution is 2.31. The Morgan fingerprint density at radius 3 is 2.83 bits per heavy atom. The van der Waals surface area contributed by atoms with Gasteiger partial charge in [0.2, 0.25) is 5.91 Å². The van der Waals surface area contributed by atoms with Gasteiger partial charge in [0.25, 0.3) is 0 Å². The third kappa shape index (κ3) is 3.75. The van der Waals surface area contributed by atoms with Crippen LogP contribution < -0.4 is 20.7 Å². The minimum absolute atomic E-state index is 0.100. The number of nitrogens with two attached hydrogens (primary N) is 1. The zero-order valence-electron chi connectivity index (χ0n) is 14.5. The molecule has 1 aromatic rings. The molecular weight excluding hydrogens is 304 g/mol. The van der Waals surface area contributed by atoms with Crippen LogP contribution in [0.5, 0.6) is 5.75 Å². The zero-order chi connectivity index (χ0) is 16.9. The van der Waals surface area contributed by atoms with E-state index in [9.17, 15) is 4.79 Å². The Labute approximate surface area is 143 Å². The molecule has 1 amide bonds. The molecule has 6 heteroatoms. The summed E-state index contributed by atoms with van der Waals surface area (Å²) < 4.78 is 5.31. The second-order valence-electron chi connectivity index (χ2n) is 6.62. The highest BCUT2D eigenvalue weighted by Gasteiger charge is 2.31. The van der Waals surface area contributed by atoms with Gasteiger partial charge in [-0.15, -0.1) is 0 Å². The molecule has 2 fully saturated rings. The number of benzene rings is 1. The molecule has 3 rings (SSSR count). The number of nitrogens with zero attached hydrogens (tertiary/aromatic N) is 2. The summed E-state index contributed by atoms with van der Waals surface area (Å²) in [5, 5.41) is 3.11. The van der Waals surface area contributed by atoms with Gasteiger partial charge in [-0.05, 0) is 50.9 Å². The Balaban J connectivity index is 1.58. The number of hydrogen-bond donors (Lipinski definition) is 2. The maximum absolute atomic E-state index is 12.6. The van der Waals surface area contributed by atoms with Gasteiger partial charge >= 0.3 is 0 Å². The van der Waals surface area contributed by atoms with Crippen LogP contribution in [0, 0.1) is 0 Å². The lowest BCUT2D eigenvalue weighted by atomic mass is 10.2. The zero-order valence-corrected chi connectivity index (χ0v) is 14.5. The lowest BCUT2D eigenvalue weighted by molar-refractivity contribution is -0.122.